The molecule has 0 unspecified atom stereocenters. The van der Waals surface area contributed by atoms with Gasteiger partial charge in [-0.1, -0.05) is 24.3 Å². The SMILES string of the molecule is CC(=O)c1ccccn1.Cc1ccc2cccc(N)c2n1. The lowest BCUT2D eigenvalue weighted by Gasteiger charge is -2.00. The summed E-state index contributed by atoms with van der Waals surface area (Å²) in [6.07, 6.45) is 1.61. The minimum absolute atomic E-state index is 0.00981. The van der Waals surface area contributed by atoms with Crippen LogP contribution in [0.3, 0.4) is 0 Å². The topological polar surface area (TPSA) is 68.9 Å². The summed E-state index contributed by atoms with van der Waals surface area (Å²) >= 11 is 0. The highest BCUT2D eigenvalue weighted by Gasteiger charge is 1.97. The number of fused-ring (bicyclic) bond motifs is 1. The molecule has 0 radical (unpaired) electrons. The fourth-order valence-electron chi connectivity index (χ4n) is 1.84. The zero-order valence-corrected chi connectivity index (χ0v) is 12.1. The van der Waals surface area contributed by atoms with E-state index < -0.39 is 0 Å². The van der Waals surface area contributed by atoms with Crippen LogP contribution >= 0.6 is 0 Å². The monoisotopic (exact) mass is 279 g/mol. The number of nitrogens with zero attached hydrogens (tertiary/aromatic N) is 2. The Labute approximate surface area is 123 Å². The second-order valence-corrected chi connectivity index (χ2v) is 4.64. The van der Waals surface area contributed by atoms with Crippen LogP contribution in [-0.2, 0) is 0 Å². The molecule has 0 aliphatic carbocycles. The first-order valence-electron chi connectivity index (χ1n) is 6.62. The maximum Gasteiger partial charge on any atom is 0.178 e. The third-order valence-electron chi connectivity index (χ3n) is 2.92. The van der Waals surface area contributed by atoms with Crippen LogP contribution in [0.1, 0.15) is 23.1 Å². The normalized spacial score (nSPS) is 9.81. The largest absolute Gasteiger partial charge is 0.397 e. The van der Waals surface area contributed by atoms with Crippen LogP contribution in [0.2, 0.25) is 0 Å². The van der Waals surface area contributed by atoms with Crippen LogP contribution in [0, 0.1) is 6.92 Å². The van der Waals surface area contributed by atoms with Crippen LogP contribution < -0.4 is 5.73 Å². The van der Waals surface area contributed by atoms with E-state index in [9.17, 15) is 4.79 Å². The van der Waals surface area contributed by atoms with Gasteiger partial charge in [0.15, 0.2) is 5.78 Å². The first kappa shape index (κ1) is 14.7. The molecule has 1 aromatic carbocycles. The number of nitrogens with two attached hydrogens (primary N) is 1. The molecule has 0 bridgehead atoms. The number of pyridine rings is 2. The summed E-state index contributed by atoms with van der Waals surface area (Å²) in [4.78, 5) is 18.8. The number of benzene rings is 1. The van der Waals surface area contributed by atoms with Crippen molar-refractivity contribution in [2.24, 2.45) is 0 Å². The summed E-state index contributed by atoms with van der Waals surface area (Å²) in [5.74, 6) is 0.00981. The smallest absolute Gasteiger partial charge is 0.178 e. The Morgan fingerprint density at radius 2 is 1.86 bits per heavy atom. The Hall–Kier alpha value is -2.75. The Balaban J connectivity index is 0.000000161. The van der Waals surface area contributed by atoms with Gasteiger partial charge in [0.25, 0.3) is 0 Å². The molecule has 3 aromatic rings. The van der Waals surface area contributed by atoms with Gasteiger partial charge in [0.05, 0.1) is 11.2 Å². The highest BCUT2D eigenvalue weighted by Crippen LogP contribution is 2.18. The van der Waals surface area contributed by atoms with E-state index in [1.54, 1.807) is 24.4 Å². The molecule has 2 heterocycles. The predicted molar refractivity (Wildman–Crippen MR) is 85.1 cm³/mol. The summed E-state index contributed by atoms with van der Waals surface area (Å²) in [5, 5.41) is 1.10. The molecule has 4 heteroatoms. The third kappa shape index (κ3) is 3.86. The predicted octanol–water partition coefficient (Wildman–Crippen LogP) is 3.41. The van der Waals surface area contributed by atoms with Gasteiger partial charge in [-0.25, -0.2) is 0 Å². The minimum atomic E-state index is 0.00981. The van der Waals surface area contributed by atoms with Gasteiger partial charge >= 0.3 is 0 Å². The summed E-state index contributed by atoms with van der Waals surface area (Å²) in [6, 6.07) is 15.1. The van der Waals surface area contributed by atoms with Crippen LogP contribution in [-0.4, -0.2) is 15.8 Å². The molecule has 3 rings (SSSR count). The lowest BCUT2D eigenvalue weighted by Crippen LogP contribution is -1.93. The second-order valence-electron chi connectivity index (χ2n) is 4.64. The number of aromatic nitrogens is 2. The van der Waals surface area contributed by atoms with Crippen molar-refractivity contribution in [3.05, 3.63) is 66.1 Å². The first-order chi connectivity index (χ1) is 10.1. The van der Waals surface area contributed by atoms with Crippen LogP contribution in [0.5, 0.6) is 0 Å². The van der Waals surface area contributed by atoms with Gasteiger partial charge in [-0.15, -0.1) is 0 Å². The van der Waals surface area contributed by atoms with E-state index in [4.69, 9.17) is 5.73 Å². The molecule has 0 fully saturated rings. The minimum Gasteiger partial charge on any atom is -0.397 e. The van der Waals surface area contributed by atoms with Crippen molar-refractivity contribution in [3.8, 4) is 0 Å². The quantitative estimate of drug-likeness (QED) is 0.547. The van der Waals surface area contributed by atoms with E-state index in [0.29, 0.717) is 5.69 Å². The number of rotatable bonds is 1. The van der Waals surface area contributed by atoms with E-state index in [1.807, 2.05) is 37.3 Å². The average molecular weight is 279 g/mol. The molecular weight excluding hydrogens is 262 g/mol. The number of ketones is 1. The fourth-order valence-corrected chi connectivity index (χ4v) is 1.84. The van der Waals surface area contributed by atoms with Crippen LogP contribution in [0.15, 0.2) is 54.7 Å². The van der Waals surface area contributed by atoms with Crippen molar-refractivity contribution >= 4 is 22.4 Å². The first-order valence-corrected chi connectivity index (χ1v) is 6.62. The van der Waals surface area contributed by atoms with Gasteiger partial charge in [0, 0.05) is 24.2 Å². The molecule has 21 heavy (non-hydrogen) atoms. The number of nitrogen functional groups attached to an aromatic ring is 1. The van der Waals surface area contributed by atoms with Crippen molar-refractivity contribution in [1.29, 1.82) is 0 Å². The van der Waals surface area contributed by atoms with E-state index >= 15 is 0 Å². The van der Waals surface area contributed by atoms with E-state index in [1.165, 1.54) is 6.92 Å². The Morgan fingerprint density at radius 3 is 2.48 bits per heavy atom. The van der Waals surface area contributed by atoms with E-state index in [-0.39, 0.29) is 5.78 Å². The van der Waals surface area contributed by atoms with E-state index in [0.717, 1.165) is 22.3 Å². The van der Waals surface area contributed by atoms with Crippen LogP contribution in [0.25, 0.3) is 10.9 Å². The summed E-state index contributed by atoms with van der Waals surface area (Å²) in [6.45, 7) is 3.47. The average Bonchev–Trinajstić information content (AvgIpc) is 2.50. The van der Waals surface area contributed by atoms with Gasteiger partial charge in [0.1, 0.15) is 5.69 Å². The molecule has 2 aromatic heterocycles. The van der Waals surface area contributed by atoms with Gasteiger partial charge in [-0.3, -0.25) is 14.8 Å². The number of hydrogen-bond acceptors (Lipinski definition) is 4. The van der Waals surface area contributed by atoms with Gasteiger partial charge < -0.3 is 5.73 Å². The molecule has 2 N–H and O–H groups in total. The molecule has 0 spiro atoms. The number of anilines is 1. The molecule has 4 nitrogen and oxygen atoms in total. The van der Waals surface area contributed by atoms with Gasteiger partial charge in [-0.2, -0.15) is 0 Å². The molecule has 0 aliphatic rings. The van der Waals surface area contributed by atoms with Crippen molar-refractivity contribution in [2.45, 2.75) is 13.8 Å². The number of para-hydroxylation sites is 1. The van der Waals surface area contributed by atoms with Crippen LogP contribution in [0.4, 0.5) is 5.69 Å². The number of carbonyl (C=O) groups excluding carboxylic acids is 1. The lowest BCUT2D eigenvalue weighted by molar-refractivity contribution is 0.101. The number of Topliss-reactive ketones (excluding diaryl/α,β-unsaturated/α-hetero) is 1. The Kier molecular flexibility index (Phi) is 4.61. The maximum atomic E-state index is 10.6. The zero-order valence-electron chi connectivity index (χ0n) is 12.1. The lowest BCUT2D eigenvalue weighted by atomic mass is 10.2. The number of carbonyl (C=O) groups is 1. The molecule has 0 amide bonds. The molecule has 106 valence electrons. The molecule has 0 saturated heterocycles. The van der Waals surface area contributed by atoms with E-state index in [2.05, 4.69) is 9.97 Å². The van der Waals surface area contributed by atoms with Crippen molar-refractivity contribution in [1.82, 2.24) is 9.97 Å². The molecular formula is C17H17N3O. The number of hydrogen-bond donors (Lipinski definition) is 1. The van der Waals surface area contributed by atoms with Crippen molar-refractivity contribution in [2.75, 3.05) is 5.73 Å². The number of aryl methyl sites for hydroxylation is 1. The second kappa shape index (κ2) is 6.61. The maximum absolute atomic E-state index is 10.6. The highest BCUT2D eigenvalue weighted by atomic mass is 16.1. The molecule has 0 saturated carbocycles. The van der Waals surface area contributed by atoms with Gasteiger partial charge in [-0.05, 0) is 31.2 Å². The summed E-state index contributed by atoms with van der Waals surface area (Å²) in [7, 11) is 0. The Bertz CT molecular complexity index is 754. The fraction of sp³-hybridized carbons (Fsp3) is 0.118. The zero-order chi connectivity index (χ0) is 15.2. The third-order valence-corrected chi connectivity index (χ3v) is 2.92. The highest BCUT2D eigenvalue weighted by molar-refractivity contribution is 5.91. The summed E-state index contributed by atoms with van der Waals surface area (Å²) in [5.41, 5.74) is 8.94. The van der Waals surface area contributed by atoms with Gasteiger partial charge in [0.2, 0.25) is 0 Å². The molecule has 0 atom stereocenters. The van der Waals surface area contributed by atoms with Crippen molar-refractivity contribution < 1.29 is 4.79 Å². The van der Waals surface area contributed by atoms with Crippen molar-refractivity contribution in [3.63, 3.8) is 0 Å². The standard InChI is InChI=1S/C10H10N2.C7H7NO/c1-7-5-6-8-3-2-4-9(11)10(8)12-7;1-6(9)7-4-2-3-5-8-7/h2-6H,11H2,1H3;2-5H,1H3. The molecule has 0 aliphatic heterocycles. The Morgan fingerprint density at radius 1 is 1.05 bits per heavy atom. The summed E-state index contributed by atoms with van der Waals surface area (Å²) < 4.78 is 0.